The topological polar surface area (TPSA) is 43.4 Å². The first kappa shape index (κ1) is 18.1. The van der Waals surface area contributed by atoms with Crippen LogP contribution in [0.15, 0.2) is 18.2 Å². The highest BCUT2D eigenvalue weighted by Crippen LogP contribution is 2.37. The van der Waals surface area contributed by atoms with Crippen LogP contribution in [0.5, 0.6) is 5.75 Å². The maximum atomic E-state index is 12.9. The number of hydrogen-bond acceptors (Lipinski definition) is 3. The van der Waals surface area contributed by atoms with Crippen molar-refractivity contribution in [3.05, 3.63) is 29.3 Å². The Hall–Kier alpha value is -0.950. The van der Waals surface area contributed by atoms with Crippen LogP contribution in [0.4, 0.5) is 13.2 Å². The quantitative estimate of drug-likeness (QED) is 0.740. The molecule has 0 aromatic heterocycles. The van der Waals surface area contributed by atoms with Crippen LogP contribution in [0.25, 0.3) is 0 Å². The van der Waals surface area contributed by atoms with E-state index in [1.54, 1.807) is 0 Å². The van der Waals surface area contributed by atoms with E-state index in [0.29, 0.717) is 5.56 Å². The Balaban J connectivity index is 2.89. The Kier molecular flexibility index (Phi) is 5.92. The highest BCUT2D eigenvalue weighted by atomic mass is 35.5. The number of hydrogen-bond donors (Lipinski definition) is 0. The van der Waals surface area contributed by atoms with Gasteiger partial charge in [-0.1, -0.05) is 6.07 Å². The van der Waals surface area contributed by atoms with Gasteiger partial charge in [0.05, 0.1) is 16.6 Å². The highest BCUT2D eigenvalue weighted by molar-refractivity contribution is 7.91. The summed E-state index contributed by atoms with van der Waals surface area (Å²) in [7, 11) is -3.36. The van der Waals surface area contributed by atoms with Crippen molar-refractivity contribution in [3.63, 3.8) is 0 Å². The summed E-state index contributed by atoms with van der Waals surface area (Å²) in [5.74, 6) is -0.778. The number of rotatable bonds is 6. The lowest BCUT2D eigenvalue weighted by atomic mass is 10.1. The number of alkyl halides is 4. The Morgan fingerprint density at radius 1 is 1.29 bits per heavy atom. The van der Waals surface area contributed by atoms with Gasteiger partial charge in [-0.25, -0.2) is 8.42 Å². The molecule has 0 spiro atoms. The molecular formula is C13H16ClF3O3S. The Labute approximate surface area is 127 Å². The van der Waals surface area contributed by atoms with E-state index in [2.05, 4.69) is 0 Å². The van der Waals surface area contributed by atoms with Gasteiger partial charge >= 0.3 is 6.18 Å². The standard InChI is InChI=1S/C13H16ClF3O3S/c1-9(2)21(18,19)6-5-20-12-4-3-10(8-14)7-11(12)13(15,16)17/h3-4,7,9H,5-6,8H2,1-2H3. The Morgan fingerprint density at radius 2 is 1.90 bits per heavy atom. The molecule has 0 atom stereocenters. The smallest absolute Gasteiger partial charge is 0.419 e. The molecule has 3 nitrogen and oxygen atoms in total. The molecule has 1 rings (SSSR count). The average Bonchev–Trinajstić information content (AvgIpc) is 2.37. The third-order valence-electron chi connectivity index (χ3n) is 2.85. The molecule has 1 aromatic rings. The summed E-state index contributed by atoms with van der Waals surface area (Å²) in [6.07, 6.45) is -4.59. The van der Waals surface area contributed by atoms with E-state index in [9.17, 15) is 21.6 Å². The van der Waals surface area contributed by atoms with Crippen molar-refractivity contribution in [2.45, 2.75) is 31.2 Å². The molecule has 0 heterocycles. The molecule has 0 saturated heterocycles. The molecule has 0 saturated carbocycles. The van der Waals surface area contributed by atoms with Gasteiger partial charge < -0.3 is 4.74 Å². The molecule has 1 aromatic carbocycles. The zero-order valence-corrected chi connectivity index (χ0v) is 13.1. The van der Waals surface area contributed by atoms with Gasteiger partial charge in [0.15, 0.2) is 9.84 Å². The molecule has 0 fully saturated rings. The second-order valence-corrected chi connectivity index (χ2v) is 7.67. The van der Waals surface area contributed by atoms with Crippen molar-refractivity contribution >= 4 is 21.4 Å². The third-order valence-corrected chi connectivity index (χ3v) is 5.33. The SMILES string of the molecule is CC(C)S(=O)(=O)CCOc1ccc(CCl)cc1C(F)(F)F. The van der Waals surface area contributed by atoms with Crippen LogP contribution in [0.2, 0.25) is 0 Å². The van der Waals surface area contributed by atoms with Crippen molar-refractivity contribution in [1.29, 1.82) is 0 Å². The van der Waals surface area contributed by atoms with E-state index in [-0.39, 0.29) is 18.2 Å². The molecule has 0 aliphatic carbocycles. The number of sulfone groups is 1. The van der Waals surface area contributed by atoms with Crippen LogP contribution in [-0.4, -0.2) is 26.0 Å². The van der Waals surface area contributed by atoms with Crippen LogP contribution in [0.3, 0.4) is 0 Å². The first-order valence-corrected chi connectivity index (χ1v) is 8.43. The van der Waals surface area contributed by atoms with Gasteiger partial charge in [-0.3, -0.25) is 0 Å². The summed E-state index contributed by atoms with van der Waals surface area (Å²) in [6.45, 7) is 2.68. The summed E-state index contributed by atoms with van der Waals surface area (Å²) >= 11 is 5.51. The maximum absolute atomic E-state index is 12.9. The fraction of sp³-hybridized carbons (Fsp3) is 0.538. The first-order chi connectivity index (χ1) is 9.58. The van der Waals surface area contributed by atoms with Crippen LogP contribution in [-0.2, 0) is 21.9 Å². The molecule has 0 bridgehead atoms. The van der Waals surface area contributed by atoms with Gasteiger partial charge in [-0.05, 0) is 31.5 Å². The Morgan fingerprint density at radius 3 is 2.38 bits per heavy atom. The lowest BCUT2D eigenvalue weighted by Gasteiger charge is -2.15. The zero-order chi connectivity index (χ0) is 16.3. The predicted octanol–water partition coefficient (Wildman–Crippen LogP) is 3.65. The van der Waals surface area contributed by atoms with Gasteiger partial charge in [-0.15, -0.1) is 11.6 Å². The van der Waals surface area contributed by atoms with E-state index >= 15 is 0 Å². The molecule has 0 amide bonds. The van der Waals surface area contributed by atoms with Crippen molar-refractivity contribution in [1.82, 2.24) is 0 Å². The summed E-state index contributed by atoms with van der Waals surface area (Å²) in [4.78, 5) is 0. The van der Waals surface area contributed by atoms with Gasteiger partial charge in [-0.2, -0.15) is 13.2 Å². The number of benzene rings is 1. The minimum Gasteiger partial charge on any atom is -0.492 e. The normalized spacial score (nSPS) is 12.7. The minimum atomic E-state index is -4.59. The predicted molar refractivity (Wildman–Crippen MR) is 75.4 cm³/mol. The summed E-state index contributed by atoms with van der Waals surface area (Å²) in [5, 5.41) is -0.596. The van der Waals surface area contributed by atoms with Crippen molar-refractivity contribution in [3.8, 4) is 5.75 Å². The van der Waals surface area contributed by atoms with Crippen molar-refractivity contribution in [2.75, 3.05) is 12.4 Å². The molecule has 0 aliphatic rings. The van der Waals surface area contributed by atoms with Crippen LogP contribution >= 0.6 is 11.6 Å². The molecule has 0 N–H and O–H groups in total. The molecule has 0 unspecified atom stereocenters. The second kappa shape index (κ2) is 6.87. The minimum absolute atomic E-state index is 0.0505. The summed E-state index contributed by atoms with van der Waals surface area (Å²) in [5.41, 5.74) is -0.645. The van der Waals surface area contributed by atoms with E-state index in [1.165, 1.54) is 19.9 Å². The zero-order valence-electron chi connectivity index (χ0n) is 11.6. The molecule has 0 radical (unpaired) electrons. The molecule has 0 aliphatic heterocycles. The monoisotopic (exact) mass is 344 g/mol. The van der Waals surface area contributed by atoms with Crippen LogP contribution < -0.4 is 4.74 Å². The van der Waals surface area contributed by atoms with E-state index in [0.717, 1.165) is 12.1 Å². The third kappa shape index (κ3) is 5.07. The molecule has 120 valence electrons. The molecular weight excluding hydrogens is 329 g/mol. The molecule has 21 heavy (non-hydrogen) atoms. The van der Waals surface area contributed by atoms with Crippen molar-refractivity contribution in [2.24, 2.45) is 0 Å². The fourth-order valence-electron chi connectivity index (χ4n) is 1.51. The fourth-order valence-corrected chi connectivity index (χ4v) is 2.46. The summed E-state index contributed by atoms with van der Waals surface area (Å²) in [6, 6.07) is 3.47. The Bertz CT molecular complexity index is 583. The van der Waals surface area contributed by atoms with Crippen LogP contribution in [0, 0.1) is 0 Å². The molecule has 8 heteroatoms. The maximum Gasteiger partial charge on any atom is 0.419 e. The van der Waals surface area contributed by atoms with E-state index in [4.69, 9.17) is 16.3 Å². The van der Waals surface area contributed by atoms with Gasteiger partial charge in [0.1, 0.15) is 12.4 Å². The number of ether oxygens (including phenoxy) is 1. The summed E-state index contributed by atoms with van der Waals surface area (Å²) < 4.78 is 66.9. The van der Waals surface area contributed by atoms with Crippen LogP contribution in [0.1, 0.15) is 25.0 Å². The average molecular weight is 345 g/mol. The van der Waals surface area contributed by atoms with E-state index < -0.39 is 32.6 Å². The second-order valence-electron chi connectivity index (χ2n) is 4.73. The van der Waals surface area contributed by atoms with Gasteiger partial charge in [0.2, 0.25) is 0 Å². The largest absolute Gasteiger partial charge is 0.492 e. The van der Waals surface area contributed by atoms with E-state index in [1.807, 2.05) is 0 Å². The number of halogens is 4. The van der Waals surface area contributed by atoms with Crippen molar-refractivity contribution < 1.29 is 26.3 Å². The van der Waals surface area contributed by atoms with Gasteiger partial charge in [0.25, 0.3) is 0 Å². The first-order valence-electron chi connectivity index (χ1n) is 6.18. The lowest BCUT2D eigenvalue weighted by Crippen LogP contribution is -2.22. The lowest BCUT2D eigenvalue weighted by molar-refractivity contribution is -0.138. The van der Waals surface area contributed by atoms with Gasteiger partial charge in [0, 0.05) is 5.88 Å². The highest BCUT2D eigenvalue weighted by Gasteiger charge is 2.34.